The van der Waals surface area contributed by atoms with Crippen LogP contribution in [0.2, 0.25) is 0 Å². The molecule has 0 unspecified atom stereocenters. The summed E-state index contributed by atoms with van der Waals surface area (Å²) < 4.78 is 9.09. The van der Waals surface area contributed by atoms with Gasteiger partial charge in [0.25, 0.3) is 12.9 Å². The zero-order valence-electron chi connectivity index (χ0n) is 19.2. The lowest BCUT2D eigenvalue weighted by atomic mass is 10.2. The van der Waals surface area contributed by atoms with Gasteiger partial charge in [0.15, 0.2) is 0 Å². The molecule has 0 amide bonds. The van der Waals surface area contributed by atoms with Gasteiger partial charge in [-0.15, -0.1) is 0 Å². The fourth-order valence-corrected chi connectivity index (χ4v) is 1.72. The van der Waals surface area contributed by atoms with Crippen LogP contribution in [0.25, 0.3) is 0 Å². The number of hydrogen-bond donors (Lipinski definition) is 1. The van der Waals surface area contributed by atoms with Gasteiger partial charge in [0.05, 0.1) is 0 Å². The zero-order chi connectivity index (χ0) is 22.3. The topological polar surface area (TPSA) is 67.9 Å². The minimum absolute atomic E-state index is 0.318. The SMILES string of the molecule is CC.CC(C)(C)OC=O.CN1CCCC1.CNC.O=COCc1ccccc1. The Morgan fingerprint density at radius 2 is 1.46 bits per heavy atom. The minimum atomic E-state index is -0.318. The van der Waals surface area contributed by atoms with Crippen LogP contribution in [0.1, 0.15) is 53.0 Å². The maximum Gasteiger partial charge on any atom is 0.293 e. The summed E-state index contributed by atoms with van der Waals surface area (Å²) in [5.74, 6) is 0. The Morgan fingerprint density at radius 1 is 1.00 bits per heavy atom. The number of rotatable bonds is 4. The first kappa shape index (κ1) is 30.8. The van der Waals surface area contributed by atoms with Crippen LogP contribution in [0.4, 0.5) is 0 Å². The molecule has 0 saturated carbocycles. The molecule has 1 heterocycles. The number of benzene rings is 1. The molecule has 1 saturated heterocycles. The fourth-order valence-electron chi connectivity index (χ4n) is 1.72. The molecule has 1 aromatic rings. The first-order chi connectivity index (χ1) is 13.3. The number of carbonyl (C=O) groups excluding carboxylic acids is 2. The molecule has 0 atom stereocenters. The van der Waals surface area contributed by atoms with Crippen LogP contribution in [0.5, 0.6) is 0 Å². The third kappa shape index (κ3) is 28.9. The largest absolute Gasteiger partial charge is 0.463 e. The van der Waals surface area contributed by atoms with Crippen LogP contribution in [-0.2, 0) is 25.7 Å². The van der Waals surface area contributed by atoms with Crippen molar-refractivity contribution in [2.75, 3.05) is 34.2 Å². The molecule has 1 aliphatic rings. The van der Waals surface area contributed by atoms with Crippen LogP contribution in [0.15, 0.2) is 30.3 Å². The number of nitrogens with one attached hydrogen (secondary N) is 1. The van der Waals surface area contributed by atoms with Crippen molar-refractivity contribution in [3.05, 3.63) is 35.9 Å². The van der Waals surface area contributed by atoms with Gasteiger partial charge in [0, 0.05) is 0 Å². The second-order valence-electron chi connectivity index (χ2n) is 6.73. The second kappa shape index (κ2) is 23.1. The van der Waals surface area contributed by atoms with Gasteiger partial charge < -0.3 is 19.7 Å². The average molecular weight is 399 g/mol. The van der Waals surface area contributed by atoms with E-state index in [-0.39, 0.29) is 5.60 Å². The number of nitrogens with zero attached hydrogens (tertiary/aromatic N) is 1. The van der Waals surface area contributed by atoms with Gasteiger partial charge in [-0.3, -0.25) is 9.59 Å². The van der Waals surface area contributed by atoms with Crippen LogP contribution >= 0.6 is 0 Å². The van der Waals surface area contributed by atoms with Crippen LogP contribution < -0.4 is 5.32 Å². The lowest BCUT2D eigenvalue weighted by Crippen LogP contribution is -2.17. The van der Waals surface area contributed by atoms with Crippen molar-refractivity contribution in [3.8, 4) is 0 Å². The molecular weight excluding hydrogens is 356 g/mol. The second-order valence-corrected chi connectivity index (χ2v) is 6.73. The van der Waals surface area contributed by atoms with Crippen LogP contribution in [-0.4, -0.2) is 57.7 Å². The number of carbonyl (C=O) groups is 2. The van der Waals surface area contributed by atoms with Crippen molar-refractivity contribution in [3.63, 3.8) is 0 Å². The summed E-state index contributed by atoms with van der Waals surface area (Å²) in [7, 11) is 5.92. The first-order valence-electron chi connectivity index (χ1n) is 9.78. The summed E-state index contributed by atoms with van der Waals surface area (Å²) in [6, 6.07) is 9.55. The van der Waals surface area contributed by atoms with Gasteiger partial charge >= 0.3 is 0 Å². The van der Waals surface area contributed by atoms with E-state index in [9.17, 15) is 9.59 Å². The molecule has 28 heavy (non-hydrogen) atoms. The molecule has 1 N–H and O–H groups in total. The number of likely N-dealkylation sites (tertiary alicyclic amines) is 1. The van der Waals surface area contributed by atoms with Gasteiger partial charge in [-0.05, 0) is 73.4 Å². The molecule has 0 aliphatic carbocycles. The molecule has 0 radical (unpaired) electrons. The number of hydrogen-bond acceptors (Lipinski definition) is 6. The van der Waals surface area contributed by atoms with Gasteiger partial charge in [0.2, 0.25) is 0 Å². The Bertz CT molecular complexity index is 428. The maximum atomic E-state index is 9.76. The number of ether oxygens (including phenoxy) is 2. The van der Waals surface area contributed by atoms with Gasteiger partial charge in [-0.2, -0.15) is 0 Å². The van der Waals surface area contributed by atoms with Crippen molar-refractivity contribution in [2.24, 2.45) is 0 Å². The van der Waals surface area contributed by atoms with E-state index in [1.165, 1.54) is 25.9 Å². The van der Waals surface area contributed by atoms with Gasteiger partial charge in [-0.25, -0.2) is 0 Å². The molecule has 0 bridgehead atoms. The Labute approximate surface area is 172 Å². The summed E-state index contributed by atoms with van der Waals surface area (Å²) in [6.07, 6.45) is 2.83. The van der Waals surface area contributed by atoms with Crippen molar-refractivity contribution < 1.29 is 19.1 Å². The van der Waals surface area contributed by atoms with Crippen molar-refractivity contribution >= 4 is 12.9 Å². The highest BCUT2D eigenvalue weighted by atomic mass is 16.5. The quantitative estimate of drug-likeness (QED) is 0.776. The monoisotopic (exact) mass is 398 g/mol. The van der Waals surface area contributed by atoms with E-state index in [4.69, 9.17) is 0 Å². The normalized spacial score (nSPS) is 12.1. The van der Waals surface area contributed by atoms with E-state index in [1.807, 2.05) is 79.0 Å². The molecule has 0 spiro atoms. The summed E-state index contributed by atoms with van der Waals surface area (Å²) in [5.41, 5.74) is 0.691. The Balaban J connectivity index is -0.000000308. The predicted octanol–water partition coefficient (Wildman–Crippen LogP) is 3.89. The van der Waals surface area contributed by atoms with Gasteiger partial charge in [0.1, 0.15) is 12.2 Å². The highest BCUT2D eigenvalue weighted by Crippen LogP contribution is 2.03. The van der Waals surface area contributed by atoms with E-state index >= 15 is 0 Å². The molecule has 1 aliphatic heterocycles. The van der Waals surface area contributed by atoms with E-state index in [1.54, 1.807) is 0 Å². The molecular formula is C22H42N2O4. The van der Waals surface area contributed by atoms with Crippen molar-refractivity contribution in [1.82, 2.24) is 10.2 Å². The average Bonchev–Trinajstić information content (AvgIpc) is 3.14. The zero-order valence-corrected chi connectivity index (χ0v) is 19.2. The van der Waals surface area contributed by atoms with Gasteiger partial charge in [-0.1, -0.05) is 44.2 Å². The summed E-state index contributed by atoms with van der Waals surface area (Å²) in [6.45, 7) is 13.4. The van der Waals surface area contributed by atoms with Crippen LogP contribution in [0.3, 0.4) is 0 Å². The van der Waals surface area contributed by atoms with Crippen molar-refractivity contribution in [2.45, 2.75) is 59.7 Å². The third-order valence-electron chi connectivity index (χ3n) is 2.89. The highest BCUT2D eigenvalue weighted by molar-refractivity contribution is 5.38. The summed E-state index contributed by atoms with van der Waals surface area (Å²) in [5, 5.41) is 2.75. The fraction of sp³-hybridized carbons (Fsp3) is 0.636. The third-order valence-corrected chi connectivity index (χ3v) is 2.89. The molecule has 164 valence electrons. The molecule has 6 heteroatoms. The molecule has 6 nitrogen and oxygen atoms in total. The van der Waals surface area contributed by atoms with E-state index in [0.717, 1.165) is 5.56 Å². The lowest BCUT2D eigenvalue weighted by molar-refractivity contribution is -0.138. The molecule has 2 rings (SSSR count). The molecule has 1 fully saturated rings. The lowest BCUT2D eigenvalue weighted by Gasteiger charge is -2.14. The smallest absolute Gasteiger partial charge is 0.293 e. The first-order valence-corrected chi connectivity index (χ1v) is 9.78. The van der Waals surface area contributed by atoms with Crippen LogP contribution in [0, 0.1) is 0 Å². The Hall–Kier alpha value is -1.92. The summed E-state index contributed by atoms with van der Waals surface area (Å²) in [4.78, 5) is 21.7. The Morgan fingerprint density at radius 3 is 1.71 bits per heavy atom. The predicted molar refractivity (Wildman–Crippen MR) is 117 cm³/mol. The van der Waals surface area contributed by atoms with E-state index in [2.05, 4.69) is 26.7 Å². The standard InChI is InChI=1S/C8H8O2.C5H11N.C5H10O2.C2H7N.C2H6/c9-7-10-6-8-4-2-1-3-5-8;1-6-4-2-3-5-6;1-5(2,3)7-4-6;1-3-2;1-2/h1-5,7H,6H2;2-5H2,1H3;4H,1-3H3;3H,1-2H3;1-2H3. The molecule has 1 aromatic carbocycles. The minimum Gasteiger partial charge on any atom is -0.463 e. The van der Waals surface area contributed by atoms with E-state index in [0.29, 0.717) is 19.6 Å². The van der Waals surface area contributed by atoms with E-state index < -0.39 is 0 Å². The van der Waals surface area contributed by atoms with Crippen molar-refractivity contribution in [1.29, 1.82) is 0 Å². The Kier molecular flexibility index (Phi) is 25.4. The maximum absolute atomic E-state index is 9.76. The summed E-state index contributed by atoms with van der Waals surface area (Å²) >= 11 is 0. The highest BCUT2D eigenvalue weighted by Gasteiger charge is 2.07. The molecule has 0 aromatic heterocycles.